The molecule has 0 bridgehead atoms. The fraction of sp³-hybridized carbons (Fsp3) is 0.357. The summed E-state index contributed by atoms with van der Waals surface area (Å²) in [6, 6.07) is 14.9. The van der Waals surface area contributed by atoms with Gasteiger partial charge in [0.1, 0.15) is 29.2 Å². The average molecular weight is 804 g/mol. The summed E-state index contributed by atoms with van der Waals surface area (Å²) in [5, 5.41) is 16.4. The van der Waals surface area contributed by atoms with E-state index in [1.54, 1.807) is 40.4 Å². The minimum Gasteiger partial charge on any atom is -0.493 e. The SMILES string of the molecule is Cc1nnc2n1-c1sc(C#Cc3cnn(CCCC(=O)OCOCCCOc4cccc5c4CN(C4CCC(=O)NC4=O)C5=O)c3)c(Cc3ccccc3)c1COC2. The largest absolute Gasteiger partial charge is 0.493 e. The molecule has 1 atom stereocenters. The van der Waals surface area contributed by atoms with Crippen LogP contribution in [-0.4, -0.2) is 79.2 Å². The summed E-state index contributed by atoms with van der Waals surface area (Å²) in [7, 11) is 0. The number of aryl methyl sites for hydroxylation is 2. The van der Waals surface area contributed by atoms with Crippen molar-refractivity contribution in [1.82, 2.24) is 34.8 Å². The minimum absolute atomic E-state index is 0.167. The van der Waals surface area contributed by atoms with Crippen LogP contribution in [0.3, 0.4) is 0 Å². The topological polar surface area (TPSA) is 169 Å². The zero-order valence-electron chi connectivity index (χ0n) is 31.9. The van der Waals surface area contributed by atoms with Gasteiger partial charge < -0.3 is 23.8 Å². The van der Waals surface area contributed by atoms with E-state index < -0.39 is 11.9 Å². The second-order valence-corrected chi connectivity index (χ2v) is 15.1. The number of rotatable bonds is 14. The summed E-state index contributed by atoms with van der Waals surface area (Å²) < 4.78 is 26.5. The van der Waals surface area contributed by atoms with Gasteiger partial charge in [-0.3, -0.25) is 33.7 Å². The smallest absolute Gasteiger partial charge is 0.307 e. The van der Waals surface area contributed by atoms with Crippen molar-refractivity contribution in [1.29, 1.82) is 0 Å². The molecule has 3 aromatic heterocycles. The average Bonchev–Trinajstić information content (AvgIpc) is 3.97. The molecule has 1 fully saturated rings. The lowest BCUT2D eigenvalue weighted by atomic mass is 10.0. The molecule has 1 saturated heterocycles. The van der Waals surface area contributed by atoms with Crippen LogP contribution in [0.25, 0.3) is 5.00 Å². The van der Waals surface area contributed by atoms with Crippen LogP contribution in [0, 0.1) is 18.8 Å². The molecule has 5 aromatic rings. The highest BCUT2D eigenvalue weighted by molar-refractivity contribution is 7.15. The fourth-order valence-electron chi connectivity index (χ4n) is 7.25. The van der Waals surface area contributed by atoms with Gasteiger partial charge in [0.2, 0.25) is 11.8 Å². The molecule has 1 N–H and O–H groups in total. The molecule has 8 rings (SSSR count). The summed E-state index contributed by atoms with van der Waals surface area (Å²) in [6.45, 7) is 4.02. The molecule has 2 aromatic carbocycles. The normalized spacial score (nSPS) is 15.8. The van der Waals surface area contributed by atoms with Gasteiger partial charge in [-0.2, -0.15) is 5.10 Å². The number of esters is 1. The monoisotopic (exact) mass is 803 g/mol. The summed E-state index contributed by atoms with van der Waals surface area (Å²) >= 11 is 1.62. The van der Waals surface area contributed by atoms with E-state index in [0.29, 0.717) is 69.1 Å². The van der Waals surface area contributed by atoms with Crippen LogP contribution in [0.1, 0.15) is 86.8 Å². The van der Waals surface area contributed by atoms with Crippen LogP contribution in [0.15, 0.2) is 60.9 Å². The van der Waals surface area contributed by atoms with Crippen LogP contribution >= 0.6 is 11.3 Å². The number of nitrogens with zero attached hydrogens (tertiary/aromatic N) is 6. The van der Waals surface area contributed by atoms with Crippen LogP contribution in [-0.2, 0) is 61.3 Å². The zero-order chi connectivity index (χ0) is 40.0. The Morgan fingerprint density at radius 3 is 2.76 bits per heavy atom. The number of benzene rings is 2. The molecule has 3 aliphatic heterocycles. The van der Waals surface area contributed by atoms with Gasteiger partial charge in [-0.1, -0.05) is 48.2 Å². The minimum atomic E-state index is -0.689. The molecule has 0 saturated carbocycles. The molecule has 6 heterocycles. The molecule has 3 amide bonds. The van der Waals surface area contributed by atoms with Gasteiger partial charge in [0, 0.05) is 48.7 Å². The molecule has 0 spiro atoms. The lowest BCUT2D eigenvalue weighted by Crippen LogP contribution is -2.52. The van der Waals surface area contributed by atoms with Crippen molar-refractivity contribution in [2.75, 3.05) is 20.0 Å². The first-order valence-corrected chi connectivity index (χ1v) is 20.0. The quantitative estimate of drug-likeness (QED) is 0.0556. The van der Waals surface area contributed by atoms with E-state index in [2.05, 4.69) is 49.2 Å². The molecular weight excluding hydrogens is 763 g/mol. The number of thiophene rings is 1. The third kappa shape index (κ3) is 8.57. The number of hydrogen-bond acceptors (Lipinski definition) is 12. The molecule has 1 unspecified atom stereocenters. The van der Waals surface area contributed by atoms with E-state index in [4.69, 9.17) is 18.9 Å². The van der Waals surface area contributed by atoms with Crippen molar-refractivity contribution in [2.24, 2.45) is 0 Å². The van der Waals surface area contributed by atoms with Gasteiger partial charge in [0.25, 0.3) is 5.91 Å². The number of aromatic nitrogens is 5. The van der Waals surface area contributed by atoms with Crippen molar-refractivity contribution >= 4 is 35.0 Å². The lowest BCUT2D eigenvalue weighted by Gasteiger charge is -2.29. The Balaban J connectivity index is 0.769. The predicted molar refractivity (Wildman–Crippen MR) is 209 cm³/mol. The van der Waals surface area contributed by atoms with Gasteiger partial charge in [-0.05, 0) is 49.4 Å². The van der Waals surface area contributed by atoms with Crippen molar-refractivity contribution in [3.05, 3.63) is 111 Å². The number of carbonyl (C=O) groups is 4. The highest BCUT2D eigenvalue weighted by atomic mass is 32.1. The van der Waals surface area contributed by atoms with E-state index in [-0.39, 0.29) is 44.0 Å². The lowest BCUT2D eigenvalue weighted by molar-refractivity contribution is -0.156. The van der Waals surface area contributed by atoms with Crippen molar-refractivity contribution in [3.8, 4) is 22.6 Å². The Bertz CT molecular complexity index is 2410. The Kier molecular flexibility index (Phi) is 11.7. The Morgan fingerprint density at radius 2 is 1.90 bits per heavy atom. The molecular formula is C42H41N7O8S. The van der Waals surface area contributed by atoms with E-state index in [1.165, 1.54) is 10.5 Å². The molecule has 16 heteroatoms. The molecule has 15 nitrogen and oxygen atoms in total. The summed E-state index contributed by atoms with van der Waals surface area (Å²) in [4.78, 5) is 51.8. The first-order valence-electron chi connectivity index (χ1n) is 19.2. The van der Waals surface area contributed by atoms with Crippen LogP contribution in [0.4, 0.5) is 0 Å². The number of amides is 3. The first-order chi connectivity index (χ1) is 28.3. The maximum absolute atomic E-state index is 13.0. The summed E-state index contributed by atoms with van der Waals surface area (Å²) in [5.74, 6) is 7.44. The van der Waals surface area contributed by atoms with Crippen molar-refractivity contribution < 1.29 is 38.1 Å². The Morgan fingerprint density at radius 1 is 1.02 bits per heavy atom. The van der Waals surface area contributed by atoms with Gasteiger partial charge in [0.05, 0.1) is 43.0 Å². The summed E-state index contributed by atoms with van der Waals surface area (Å²) in [6.07, 6.45) is 6.08. The van der Waals surface area contributed by atoms with Gasteiger partial charge in [0.15, 0.2) is 12.6 Å². The van der Waals surface area contributed by atoms with Gasteiger partial charge in [-0.25, -0.2) is 0 Å². The third-order valence-electron chi connectivity index (χ3n) is 10.1. The number of hydrogen-bond donors (Lipinski definition) is 1. The van der Waals surface area contributed by atoms with E-state index in [0.717, 1.165) is 44.6 Å². The standard InChI is InChI=1S/C42H41N7O8S/c1-27-45-46-37-25-55-24-33-31(20-28-8-3-2-4-9-28)36(58-42(33)49(27)37)15-13-29-21-43-47(22-29)17-6-12-39(51)57-26-54-18-7-19-56-35-11-5-10-30-32(35)23-48(41(30)53)34-14-16-38(50)44-40(34)52/h2-5,8-11,21-22,34H,6-7,12,14,16-20,23-26H2,1H3,(H,44,50,52). The van der Waals surface area contributed by atoms with Crippen molar-refractivity contribution in [2.45, 2.75) is 77.8 Å². The zero-order valence-corrected chi connectivity index (χ0v) is 32.7. The number of fused-ring (bicyclic) bond motifs is 4. The summed E-state index contributed by atoms with van der Waals surface area (Å²) in [5.41, 5.74) is 5.40. The Hall–Kier alpha value is -6.15. The second kappa shape index (κ2) is 17.6. The highest BCUT2D eigenvalue weighted by Crippen LogP contribution is 2.37. The third-order valence-corrected chi connectivity index (χ3v) is 11.3. The number of piperidine rings is 1. The van der Waals surface area contributed by atoms with Crippen molar-refractivity contribution in [3.63, 3.8) is 0 Å². The maximum Gasteiger partial charge on any atom is 0.307 e. The number of nitrogens with one attached hydrogen (secondary N) is 1. The second-order valence-electron chi connectivity index (χ2n) is 14.1. The van der Waals surface area contributed by atoms with Crippen LogP contribution < -0.4 is 10.1 Å². The fourth-order valence-corrected chi connectivity index (χ4v) is 8.50. The number of carbonyl (C=O) groups excluding carboxylic acids is 4. The molecule has 3 aliphatic rings. The first kappa shape index (κ1) is 38.7. The Labute approximate surface area is 338 Å². The maximum atomic E-state index is 13.0. The van der Waals surface area contributed by atoms with Crippen LogP contribution in [0.5, 0.6) is 5.75 Å². The van der Waals surface area contributed by atoms with Crippen LogP contribution in [0.2, 0.25) is 0 Å². The van der Waals surface area contributed by atoms with E-state index in [1.807, 2.05) is 31.3 Å². The highest BCUT2D eigenvalue weighted by Gasteiger charge is 2.40. The predicted octanol–water partition coefficient (Wildman–Crippen LogP) is 4.38. The molecule has 0 aliphatic carbocycles. The van der Waals surface area contributed by atoms with Gasteiger partial charge in [-0.15, -0.1) is 21.5 Å². The van der Waals surface area contributed by atoms with E-state index in [9.17, 15) is 19.2 Å². The molecule has 298 valence electrons. The molecule has 0 radical (unpaired) electrons. The number of imide groups is 1. The number of ether oxygens (including phenoxy) is 4. The van der Waals surface area contributed by atoms with E-state index >= 15 is 0 Å². The van der Waals surface area contributed by atoms with Gasteiger partial charge >= 0.3 is 5.97 Å². The molecule has 58 heavy (non-hydrogen) atoms.